The van der Waals surface area contributed by atoms with Gasteiger partial charge < -0.3 is 29.5 Å². The molecular formula is C38H44O9. The molecule has 1 saturated heterocycles. The number of phenolic OH excluding ortho intramolecular Hbond substituents is 1. The van der Waals surface area contributed by atoms with Crippen LogP contribution in [0.1, 0.15) is 96.1 Å². The number of aliphatic carboxylic acids is 1. The molecular weight excluding hydrogens is 600 g/mol. The van der Waals surface area contributed by atoms with Crippen molar-refractivity contribution in [1.82, 2.24) is 0 Å². The van der Waals surface area contributed by atoms with Crippen LogP contribution in [0.4, 0.5) is 0 Å². The largest absolute Gasteiger partial charge is 0.506 e. The first-order valence-corrected chi connectivity index (χ1v) is 16.2. The summed E-state index contributed by atoms with van der Waals surface area (Å²) in [5, 5.41) is 31.6. The van der Waals surface area contributed by atoms with Crippen molar-refractivity contribution in [3.05, 3.63) is 69.9 Å². The number of hydrogen-bond donors (Lipinski definition) is 3. The number of carboxylic acids is 1. The quantitative estimate of drug-likeness (QED) is 0.223. The van der Waals surface area contributed by atoms with Crippen molar-refractivity contribution in [1.29, 1.82) is 0 Å². The van der Waals surface area contributed by atoms with E-state index in [1.807, 2.05) is 52.8 Å². The van der Waals surface area contributed by atoms with Gasteiger partial charge in [0.15, 0.2) is 22.8 Å². The normalized spacial score (nSPS) is 31.5. The molecule has 3 heterocycles. The van der Waals surface area contributed by atoms with E-state index in [-0.39, 0.29) is 40.4 Å². The highest BCUT2D eigenvalue weighted by molar-refractivity contribution is 6.19. The first-order chi connectivity index (χ1) is 21.8. The predicted molar refractivity (Wildman–Crippen MR) is 176 cm³/mol. The number of Topliss-reactive ketones (excluding diaryl/α,β-unsaturated/α-hetero) is 2. The second-order valence-corrected chi connectivity index (χ2v) is 15.2. The topological polar surface area (TPSA) is 140 Å². The number of phenols is 1. The Morgan fingerprint density at radius 3 is 2.40 bits per heavy atom. The molecule has 7 rings (SSSR count). The van der Waals surface area contributed by atoms with Crippen LogP contribution >= 0.6 is 0 Å². The van der Waals surface area contributed by atoms with Crippen molar-refractivity contribution in [3.63, 3.8) is 0 Å². The Morgan fingerprint density at radius 1 is 1.06 bits per heavy atom. The molecule has 3 aliphatic carbocycles. The van der Waals surface area contributed by atoms with Gasteiger partial charge >= 0.3 is 5.97 Å². The smallest absolute Gasteiger partial charge is 0.330 e. The molecule has 47 heavy (non-hydrogen) atoms. The van der Waals surface area contributed by atoms with Crippen LogP contribution in [0.25, 0.3) is 6.08 Å². The van der Waals surface area contributed by atoms with Gasteiger partial charge in [0.05, 0.1) is 16.8 Å². The fourth-order valence-corrected chi connectivity index (χ4v) is 8.08. The molecule has 9 heteroatoms. The third-order valence-electron chi connectivity index (χ3n) is 10.3. The number of ketones is 2. The van der Waals surface area contributed by atoms with Crippen molar-refractivity contribution in [2.75, 3.05) is 0 Å². The van der Waals surface area contributed by atoms with Gasteiger partial charge in [0, 0.05) is 41.4 Å². The van der Waals surface area contributed by atoms with Gasteiger partial charge in [-0.2, -0.15) is 0 Å². The number of carbonyl (C=O) groups is 3. The standard InChI is InChI=1S/C38H44O9/c1-20(2)10-11-24-30-23(13-16-36(8,45-30)15-9-14-34(4,5)44)28(39)27-29(40)25-18-22-19-26-35(6,7)47-37(32(22)41,17-12-21(3)33(42)43)38(25,26)46-31(24)27/h9-10,12-14,16,18,22,26,39,44H,11,15,17,19H2,1-8H3,(H,42,43)/b14-9-,21-12+/t22?,26?,36?,37-,38+/m0/s1. The molecule has 9 nitrogen and oxygen atoms in total. The zero-order valence-corrected chi connectivity index (χ0v) is 28.3. The second kappa shape index (κ2) is 10.5. The Kier molecular flexibility index (Phi) is 7.38. The molecule has 1 aromatic rings. The molecule has 250 valence electrons. The number of aliphatic hydroxyl groups is 1. The molecule has 1 spiro atoms. The lowest BCUT2D eigenvalue weighted by atomic mass is 9.51. The fraction of sp³-hybridized carbons (Fsp3) is 0.500. The Bertz CT molecular complexity index is 1760. The molecule has 0 amide bonds. The third kappa shape index (κ3) is 4.84. The van der Waals surface area contributed by atoms with Crippen molar-refractivity contribution in [2.24, 2.45) is 11.8 Å². The van der Waals surface area contributed by atoms with Gasteiger partial charge in [-0.3, -0.25) is 9.59 Å². The summed E-state index contributed by atoms with van der Waals surface area (Å²) in [5.41, 5.74) is -3.67. The zero-order valence-electron chi connectivity index (χ0n) is 28.3. The van der Waals surface area contributed by atoms with E-state index >= 15 is 0 Å². The lowest BCUT2D eigenvalue weighted by Crippen LogP contribution is -2.72. The average molecular weight is 645 g/mol. The summed E-state index contributed by atoms with van der Waals surface area (Å²) in [6, 6.07) is 0. The van der Waals surface area contributed by atoms with E-state index in [0.29, 0.717) is 36.1 Å². The molecule has 4 bridgehead atoms. The molecule has 3 aliphatic heterocycles. The summed E-state index contributed by atoms with van der Waals surface area (Å²) in [5.74, 6) is -2.58. The number of ether oxygens (including phenoxy) is 3. The van der Waals surface area contributed by atoms with E-state index in [1.165, 1.54) is 13.0 Å². The van der Waals surface area contributed by atoms with E-state index in [9.17, 15) is 29.7 Å². The summed E-state index contributed by atoms with van der Waals surface area (Å²) >= 11 is 0. The lowest BCUT2D eigenvalue weighted by Gasteiger charge is -2.56. The number of carboxylic acid groups (broad SMARTS) is 1. The minimum Gasteiger partial charge on any atom is -0.506 e. The van der Waals surface area contributed by atoms with Crippen molar-refractivity contribution in [3.8, 4) is 17.2 Å². The van der Waals surface area contributed by atoms with Crippen molar-refractivity contribution < 1.29 is 43.9 Å². The minimum atomic E-state index is -1.66. The molecule has 0 aromatic heterocycles. The van der Waals surface area contributed by atoms with Crippen LogP contribution in [0.2, 0.25) is 0 Å². The maximum atomic E-state index is 14.7. The van der Waals surface area contributed by atoms with E-state index in [1.54, 1.807) is 32.1 Å². The monoisotopic (exact) mass is 644 g/mol. The summed E-state index contributed by atoms with van der Waals surface area (Å²) in [4.78, 5) is 40.8. The first kappa shape index (κ1) is 33.0. The molecule has 0 radical (unpaired) electrons. The van der Waals surface area contributed by atoms with E-state index < -0.39 is 51.6 Å². The van der Waals surface area contributed by atoms with Crippen molar-refractivity contribution >= 4 is 23.6 Å². The number of fused-ring (bicyclic) bond motifs is 2. The highest BCUT2D eigenvalue weighted by atomic mass is 16.6. The predicted octanol–water partition coefficient (Wildman–Crippen LogP) is 6.21. The molecule has 5 atom stereocenters. The second-order valence-electron chi connectivity index (χ2n) is 15.2. The van der Waals surface area contributed by atoms with Crippen molar-refractivity contribution in [2.45, 2.75) is 109 Å². The number of carbonyl (C=O) groups excluding carboxylic acids is 2. The van der Waals surface area contributed by atoms with Crippen LogP contribution in [0.5, 0.6) is 17.2 Å². The number of rotatable bonds is 8. The van der Waals surface area contributed by atoms with Gasteiger partial charge in [-0.05, 0) is 80.4 Å². The lowest BCUT2D eigenvalue weighted by molar-refractivity contribution is -0.171. The van der Waals surface area contributed by atoms with E-state index in [0.717, 1.165) is 5.57 Å². The zero-order chi connectivity index (χ0) is 34.5. The van der Waals surface area contributed by atoms with E-state index in [2.05, 4.69) is 0 Å². The summed E-state index contributed by atoms with van der Waals surface area (Å²) in [6.45, 7) is 14.4. The van der Waals surface area contributed by atoms with Crippen LogP contribution < -0.4 is 9.47 Å². The number of allylic oxidation sites excluding steroid dienone is 3. The average Bonchev–Trinajstić information content (AvgIpc) is 3.11. The molecule has 2 fully saturated rings. The Hall–Kier alpha value is -3.95. The Labute approximate surface area is 275 Å². The summed E-state index contributed by atoms with van der Waals surface area (Å²) < 4.78 is 20.5. The van der Waals surface area contributed by atoms with Gasteiger partial charge in [-0.1, -0.05) is 36.0 Å². The maximum Gasteiger partial charge on any atom is 0.330 e. The Balaban J connectivity index is 1.58. The highest BCUT2D eigenvalue weighted by Crippen LogP contribution is 2.68. The summed E-state index contributed by atoms with van der Waals surface area (Å²) in [6.07, 6.45) is 13.3. The van der Waals surface area contributed by atoms with Crippen LogP contribution in [-0.2, 0) is 20.7 Å². The number of hydrogen-bond acceptors (Lipinski definition) is 8. The number of aromatic hydroxyl groups is 1. The van der Waals surface area contributed by atoms with Crippen LogP contribution in [0.15, 0.2) is 53.2 Å². The van der Waals surface area contributed by atoms with Crippen LogP contribution in [0, 0.1) is 11.8 Å². The first-order valence-electron chi connectivity index (χ1n) is 16.2. The molecule has 3 unspecified atom stereocenters. The third-order valence-corrected chi connectivity index (χ3v) is 10.3. The molecule has 1 aromatic carbocycles. The maximum absolute atomic E-state index is 14.7. The summed E-state index contributed by atoms with van der Waals surface area (Å²) in [7, 11) is 0. The van der Waals surface area contributed by atoms with Gasteiger partial charge in [0.1, 0.15) is 28.4 Å². The molecule has 3 N–H and O–H groups in total. The van der Waals surface area contributed by atoms with Gasteiger partial charge in [0.2, 0.25) is 0 Å². The van der Waals surface area contributed by atoms with Gasteiger partial charge in [0.25, 0.3) is 0 Å². The molecule has 1 saturated carbocycles. The van der Waals surface area contributed by atoms with Gasteiger partial charge in [-0.25, -0.2) is 4.79 Å². The number of benzene rings is 1. The molecule has 6 aliphatic rings. The van der Waals surface area contributed by atoms with E-state index in [4.69, 9.17) is 14.2 Å². The highest BCUT2D eigenvalue weighted by Gasteiger charge is 2.81. The Morgan fingerprint density at radius 2 is 1.77 bits per heavy atom. The van der Waals surface area contributed by atoms with Gasteiger partial charge in [-0.15, -0.1) is 0 Å². The fourth-order valence-electron chi connectivity index (χ4n) is 8.08. The minimum absolute atomic E-state index is 0.0150. The van der Waals surface area contributed by atoms with Crippen LogP contribution in [-0.4, -0.2) is 60.9 Å². The van der Waals surface area contributed by atoms with Crippen LogP contribution in [0.3, 0.4) is 0 Å². The SMILES string of the molecule is CC(C)=CCc1c2c(c(O)c3c1O[C@]14C(=CC5CC1C(C)(C)O[C@@]4(C/C=C(\C)C(=O)O)C5=O)C3=O)C=CC(C)(C/C=C\C(C)(C)O)O2.